The smallest absolute Gasteiger partial charge is 0.303 e. The Morgan fingerprint density at radius 2 is 2.10 bits per heavy atom. The van der Waals surface area contributed by atoms with Crippen LogP contribution < -0.4 is 0 Å². The molecule has 0 saturated heterocycles. The maximum absolute atomic E-state index is 13.2. The maximum atomic E-state index is 13.2. The molecule has 0 atom stereocenters. The Labute approximate surface area is 122 Å². The summed E-state index contributed by atoms with van der Waals surface area (Å²) in [6, 6.07) is 4.24. The number of benzene rings is 1. The first kappa shape index (κ1) is 14.0. The predicted molar refractivity (Wildman–Crippen MR) is 75.4 cm³/mol. The van der Waals surface area contributed by atoms with E-state index in [1.54, 1.807) is 6.07 Å². The summed E-state index contributed by atoms with van der Waals surface area (Å²) in [7, 11) is 0. The summed E-state index contributed by atoms with van der Waals surface area (Å²) in [6.45, 7) is 0. The van der Waals surface area contributed by atoms with Crippen LogP contribution in [0.15, 0.2) is 22.6 Å². The van der Waals surface area contributed by atoms with Gasteiger partial charge < -0.3 is 9.52 Å². The molecule has 1 aliphatic rings. The normalized spacial score (nSPS) is 18.0. The number of hydrogen-bond acceptors (Lipinski definition) is 3. The minimum atomic E-state index is -0.779. The van der Waals surface area contributed by atoms with Crippen LogP contribution in [0.4, 0.5) is 4.39 Å². The number of rotatable bonds is 4. The Morgan fingerprint density at radius 1 is 1.33 bits per heavy atom. The van der Waals surface area contributed by atoms with Gasteiger partial charge in [-0.3, -0.25) is 4.79 Å². The number of carboxylic acids is 1. The van der Waals surface area contributed by atoms with Gasteiger partial charge in [-0.15, -0.1) is 0 Å². The molecular weight excluding hydrogens is 273 g/mol. The number of aromatic nitrogens is 1. The summed E-state index contributed by atoms with van der Waals surface area (Å²) in [5.41, 5.74) is 0.766. The van der Waals surface area contributed by atoms with E-state index in [-0.39, 0.29) is 17.7 Å². The third kappa shape index (κ3) is 3.06. The lowest BCUT2D eigenvalue weighted by Crippen LogP contribution is -2.29. The van der Waals surface area contributed by atoms with Crippen molar-refractivity contribution in [1.82, 2.24) is 4.98 Å². The minimum Gasteiger partial charge on any atom is -0.481 e. The Kier molecular flexibility index (Phi) is 3.66. The third-order valence-electron chi connectivity index (χ3n) is 4.36. The Morgan fingerprint density at radius 3 is 2.81 bits per heavy atom. The molecule has 112 valence electrons. The van der Waals surface area contributed by atoms with E-state index < -0.39 is 5.97 Å². The van der Waals surface area contributed by atoms with Crippen LogP contribution in [0.1, 0.15) is 44.4 Å². The Balaban J connectivity index is 1.88. The van der Waals surface area contributed by atoms with Gasteiger partial charge in [0.15, 0.2) is 11.5 Å². The number of aliphatic carboxylic acids is 1. The van der Waals surface area contributed by atoms with Gasteiger partial charge in [-0.25, -0.2) is 9.37 Å². The highest BCUT2D eigenvalue weighted by molar-refractivity contribution is 5.72. The van der Waals surface area contributed by atoms with Crippen molar-refractivity contribution >= 4 is 17.1 Å². The van der Waals surface area contributed by atoms with E-state index in [1.807, 2.05) is 0 Å². The zero-order chi connectivity index (χ0) is 14.9. The number of carboxylic acid groups (broad SMARTS) is 1. The standard InChI is InChI=1S/C16H18FNO3/c17-11-4-5-13-12(8-11)18-14(21-13)9-16(10-15(19)20)6-2-1-3-7-16/h4-5,8H,1-3,6-7,9-10H2,(H,19,20). The first-order valence-electron chi connectivity index (χ1n) is 7.33. The molecule has 2 aromatic rings. The molecule has 4 nitrogen and oxygen atoms in total. The monoisotopic (exact) mass is 291 g/mol. The Bertz CT molecular complexity index is 659. The van der Waals surface area contributed by atoms with Crippen LogP contribution in [-0.2, 0) is 11.2 Å². The van der Waals surface area contributed by atoms with Gasteiger partial charge in [-0.05, 0) is 30.4 Å². The number of halogens is 1. The Hall–Kier alpha value is -1.91. The van der Waals surface area contributed by atoms with Crippen LogP contribution in [0.3, 0.4) is 0 Å². The third-order valence-corrected chi connectivity index (χ3v) is 4.36. The van der Waals surface area contributed by atoms with Crippen molar-refractivity contribution in [3.63, 3.8) is 0 Å². The average Bonchev–Trinajstić information content (AvgIpc) is 2.79. The van der Waals surface area contributed by atoms with Gasteiger partial charge in [0.25, 0.3) is 0 Å². The number of oxazole rings is 1. The van der Waals surface area contributed by atoms with Crippen LogP contribution >= 0.6 is 0 Å². The molecule has 1 saturated carbocycles. The lowest BCUT2D eigenvalue weighted by Gasteiger charge is -2.35. The topological polar surface area (TPSA) is 63.3 Å². The molecule has 0 aliphatic heterocycles. The van der Waals surface area contributed by atoms with E-state index in [2.05, 4.69) is 4.98 Å². The van der Waals surface area contributed by atoms with Gasteiger partial charge in [0.05, 0.1) is 6.42 Å². The first-order valence-corrected chi connectivity index (χ1v) is 7.33. The molecule has 21 heavy (non-hydrogen) atoms. The molecule has 1 fully saturated rings. The van der Waals surface area contributed by atoms with Crippen molar-refractivity contribution in [2.45, 2.75) is 44.9 Å². The predicted octanol–water partition coefficient (Wildman–Crippen LogP) is 3.93. The molecule has 1 aliphatic carbocycles. The van der Waals surface area contributed by atoms with Gasteiger partial charge in [0.1, 0.15) is 11.3 Å². The highest BCUT2D eigenvalue weighted by atomic mass is 19.1. The zero-order valence-corrected chi connectivity index (χ0v) is 11.8. The van der Waals surface area contributed by atoms with E-state index in [9.17, 15) is 14.3 Å². The quantitative estimate of drug-likeness (QED) is 0.926. The highest BCUT2D eigenvalue weighted by Crippen LogP contribution is 2.42. The van der Waals surface area contributed by atoms with Gasteiger partial charge in [-0.2, -0.15) is 0 Å². The largest absolute Gasteiger partial charge is 0.481 e. The van der Waals surface area contributed by atoms with Crippen molar-refractivity contribution in [3.8, 4) is 0 Å². The second-order valence-electron chi connectivity index (χ2n) is 6.03. The van der Waals surface area contributed by atoms with Crippen molar-refractivity contribution in [2.75, 3.05) is 0 Å². The van der Waals surface area contributed by atoms with E-state index in [4.69, 9.17) is 4.42 Å². The molecule has 0 spiro atoms. The number of carbonyl (C=O) groups is 1. The van der Waals surface area contributed by atoms with Gasteiger partial charge in [0, 0.05) is 12.5 Å². The lowest BCUT2D eigenvalue weighted by atomic mass is 9.69. The van der Waals surface area contributed by atoms with Crippen molar-refractivity contribution in [2.24, 2.45) is 5.41 Å². The summed E-state index contributed by atoms with van der Waals surface area (Å²) in [4.78, 5) is 15.5. The highest BCUT2D eigenvalue weighted by Gasteiger charge is 2.36. The summed E-state index contributed by atoms with van der Waals surface area (Å²) >= 11 is 0. The number of nitrogens with zero attached hydrogens (tertiary/aromatic N) is 1. The fourth-order valence-electron chi connectivity index (χ4n) is 3.38. The molecule has 1 aromatic heterocycles. The molecule has 0 unspecified atom stereocenters. The molecule has 0 amide bonds. The van der Waals surface area contributed by atoms with E-state index in [0.717, 1.165) is 32.1 Å². The van der Waals surface area contributed by atoms with Crippen molar-refractivity contribution < 1.29 is 18.7 Å². The first-order chi connectivity index (χ1) is 10.1. The summed E-state index contributed by atoms with van der Waals surface area (Å²) in [6.07, 6.45) is 5.65. The summed E-state index contributed by atoms with van der Waals surface area (Å²) < 4.78 is 18.9. The van der Waals surface area contributed by atoms with E-state index >= 15 is 0 Å². The van der Waals surface area contributed by atoms with Crippen LogP contribution in [-0.4, -0.2) is 16.1 Å². The van der Waals surface area contributed by atoms with Gasteiger partial charge in [0.2, 0.25) is 0 Å². The fraction of sp³-hybridized carbons (Fsp3) is 0.500. The maximum Gasteiger partial charge on any atom is 0.303 e. The van der Waals surface area contributed by atoms with Crippen LogP contribution in [0.25, 0.3) is 11.1 Å². The SMILES string of the molecule is O=C(O)CC1(Cc2nc3cc(F)ccc3o2)CCCCC1. The van der Waals surface area contributed by atoms with Gasteiger partial charge in [-0.1, -0.05) is 19.3 Å². The van der Waals surface area contributed by atoms with Gasteiger partial charge >= 0.3 is 5.97 Å². The molecule has 1 N–H and O–H groups in total. The second kappa shape index (κ2) is 5.47. The summed E-state index contributed by atoms with van der Waals surface area (Å²) in [5.74, 6) is -0.613. The number of fused-ring (bicyclic) bond motifs is 1. The van der Waals surface area contributed by atoms with Crippen molar-refractivity contribution in [3.05, 3.63) is 29.9 Å². The average molecular weight is 291 g/mol. The zero-order valence-electron chi connectivity index (χ0n) is 11.8. The molecule has 3 rings (SSSR count). The lowest BCUT2D eigenvalue weighted by molar-refractivity contribution is -0.140. The summed E-state index contributed by atoms with van der Waals surface area (Å²) in [5, 5.41) is 9.18. The second-order valence-corrected chi connectivity index (χ2v) is 6.03. The molecule has 0 radical (unpaired) electrons. The fourth-order valence-corrected chi connectivity index (χ4v) is 3.38. The van der Waals surface area contributed by atoms with Crippen LogP contribution in [0.5, 0.6) is 0 Å². The van der Waals surface area contributed by atoms with Crippen molar-refractivity contribution in [1.29, 1.82) is 0 Å². The van der Waals surface area contributed by atoms with Crippen LogP contribution in [0, 0.1) is 11.2 Å². The molecule has 1 aromatic carbocycles. The molecular formula is C16H18FNO3. The minimum absolute atomic E-state index is 0.139. The molecule has 0 bridgehead atoms. The number of hydrogen-bond donors (Lipinski definition) is 1. The molecule has 1 heterocycles. The van der Waals surface area contributed by atoms with E-state index in [0.29, 0.717) is 23.4 Å². The van der Waals surface area contributed by atoms with Crippen LogP contribution in [0.2, 0.25) is 0 Å². The molecule has 5 heteroatoms. The van der Waals surface area contributed by atoms with E-state index in [1.165, 1.54) is 12.1 Å².